The average Bonchev–Trinajstić information content (AvgIpc) is 4.12. The summed E-state index contributed by atoms with van der Waals surface area (Å²) in [5, 5.41) is 0. The average molecular weight is 918 g/mol. The second-order valence-corrected chi connectivity index (χ2v) is 19.4. The number of rotatable bonds is 13. The Morgan fingerprint density at radius 1 is 0.239 bits per heavy atom. The lowest BCUT2D eigenvalue weighted by Crippen LogP contribution is -2.15. The van der Waals surface area contributed by atoms with Crippen molar-refractivity contribution in [2.45, 2.75) is 64.2 Å². The summed E-state index contributed by atoms with van der Waals surface area (Å²) in [6.45, 7) is 0. The van der Waals surface area contributed by atoms with Crippen LogP contribution < -0.4 is 14.7 Å². The smallest absolute Gasteiger partial charge is 0.0496 e. The summed E-state index contributed by atoms with van der Waals surface area (Å²) in [7, 11) is 0. The van der Waals surface area contributed by atoms with E-state index >= 15 is 0 Å². The van der Waals surface area contributed by atoms with E-state index in [4.69, 9.17) is 0 Å². The molecule has 0 saturated heterocycles. The van der Waals surface area contributed by atoms with Crippen molar-refractivity contribution in [2.75, 3.05) is 14.7 Å². The number of benzene rings is 9. The van der Waals surface area contributed by atoms with Gasteiger partial charge in [0.25, 0.3) is 0 Å². The van der Waals surface area contributed by atoms with Crippen LogP contribution in [-0.2, 0) is 38.5 Å². The molecule has 0 saturated carbocycles. The van der Waals surface area contributed by atoms with Crippen molar-refractivity contribution in [3.05, 3.63) is 268 Å². The Hall–Kier alpha value is -8.14. The molecule has 3 heteroatoms. The molecular formula is C68H59N3. The zero-order chi connectivity index (χ0) is 47.3. The second-order valence-electron chi connectivity index (χ2n) is 19.4. The summed E-state index contributed by atoms with van der Waals surface area (Å²) in [5.41, 5.74) is 24.3. The molecule has 0 N–H and O–H groups in total. The lowest BCUT2D eigenvalue weighted by molar-refractivity contribution is 0.686. The van der Waals surface area contributed by atoms with E-state index in [1.807, 2.05) is 0 Å². The first-order valence-corrected chi connectivity index (χ1v) is 25.8. The molecule has 0 amide bonds. The molecule has 71 heavy (non-hydrogen) atoms. The molecule has 0 spiro atoms. The molecule has 0 bridgehead atoms. The Morgan fingerprint density at radius 3 is 1.03 bits per heavy atom. The number of hydrogen-bond acceptors (Lipinski definition) is 3. The van der Waals surface area contributed by atoms with Crippen LogP contribution in [0.4, 0.5) is 51.2 Å². The summed E-state index contributed by atoms with van der Waals surface area (Å²) in [6.07, 6.45) is 20.8. The van der Waals surface area contributed by atoms with Crippen LogP contribution in [0.1, 0.15) is 81.3 Å². The maximum atomic E-state index is 2.46. The standard InChI is InChI=1S/C68H59N3/c1-3-18-59(19-4-1)69(65-46-36-54-13-9-16-57(54)48-65)61-38-28-50(29-39-61)24-26-52-32-42-63(43-33-52)71(68-23-11-15-56-12-7-8-22-67(56)68)64-44-34-53(35-45-64)27-25-51-30-40-62(41-31-51)70(60-20-5-2-6-21-60)66-47-37-55-14-10-17-58(55)49-66/h1-6,11,15,18-21,23-49H,7-10,12-14,16-17,22H2. The van der Waals surface area contributed by atoms with Gasteiger partial charge in [-0.3, -0.25) is 0 Å². The number of fused-ring (bicyclic) bond motifs is 3. The minimum absolute atomic E-state index is 1.11. The Bertz CT molecular complexity index is 3130. The molecule has 3 aliphatic rings. The van der Waals surface area contributed by atoms with Gasteiger partial charge in [0.15, 0.2) is 0 Å². The number of hydrogen-bond donors (Lipinski definition) is 0. The summed E-state index contributed by atoms with van der Waals surface area (Å²) < 4.78 is 0. The molecule has 346 valence electrons. The fourth-order valence-corrected chi connectivity index (χ4v) is 11.2. The van der Waals surface area contributed by atoms with Gasteiger partial charge in [0.05, 0.1) is 0 Å². The number of anilines is 9. The van der Waals surface area contributed by atoms with Crippen molar-refractivity contribution in [2.24, 2.45) is 0 Å². The largest absolute Gasteiger partial charge is 0.310 e. The molecule has 9 aromatic carbocycles. The number of nitrogens with zero attached hydrogens (tertiary/aromatic N) is 3. The van der Waals surface area contributed by atoms with Crippen LogP contribution >= 0.6 is 0 Å². The summed E-state index contributed by atoms with van der Waals surface area (Å²) in [6, 6.07) is 78.4. The van der Waals surface area contributed by atoms with Gasteiger partial charge in [0, 0.05) is 51.2 Å². The Labute approximate surface area is 420 Å². The lowest BCUT2D eigenvalue weighted by atomic mass is 9.90. The van der Waals surface area contributed by atoms with E-state index < -0.39 is 0 Å². The molecule has 0 atom stereocenters. The maximum Gasteiger partial charge on any atom is 0.0496 e. The molecule has 0 aliphatic heterocycles. The highest BCUT2D eigenvalue weighted by molar-refractivity contribution is 5.83. The first-order chi connectivity index (χ1) is 35.2. The molecule has 0 unspecified atom stereocenters. The monoisotopic (exact) mass is 917 g/mol. The van der Waals surface area contributed by atoms with Crippen LogP contribution in [-0.4, -0.2) is 0 Å². The van der Waals surface area contributed by atoms with E-state index in [0.717, 1.165) is 48.4 Å². The van der Waals surface area contributed by atoms with E-state index in [-0.39, 0.29) is 0 Å². The molecule has 12 rings (SSSR count). The van der Waals surface area contributed by atoms with Crippen LogP contribution in [0.2, 0.25) is 0 Å². The predicted molar refractivity (Wildman–Crippen MR) is 302 cm³/mol. The number of aryl methyl sites for hydroxylation is 5. The summed E-state index contributed by atoms with van der Waals surface area (Å²) in [4.78, 5) is 7.21. The minimum Gasteiger partial charge on any atom is -0.310 e. The van der Waals surface area contributed by atoms with Gasteiger partial charge in [0.2, 0.25) is 0 Å². The van der Waals surface area contributed by atoms with Gasteiger partial charge >= 0.3 is 0 Å². The van der Waals surface area contributed by atoms with E-state index in [0.29, 0.717) is 0 Å². The third-order valence-electron chi connectivity index (χ3n) is 14.9. The van der Waals surface area contributed by atoms with Gasteiger partial charge < -0.3 is 14.7 Å². The highest BCUT2D eigenvalue weighted by atomic mass is 15.2. The molecule has 3 nitrogen and oxygen atoms in total. The van der Waals surface area contributed by atoms with Gasteiger partial charge in [-0.05, 0) is 223 Å². The van der Waals surface area contributed by atoms with Gasteiger partial charge in [-0.25, -0.2) is 0 Å². The van der Waals surface area contributed by atoms with Crippen LogP contribution in [0.15, 0.2) is 212 Å². The van der Waals surface area contributed by atoms with Crippen molar-refractivity contribution in [3.63, 3.8) is 0 Å². The van der Waals surface area contributed by atoms with E-state index in [1.54, 1.807) is 0 Å². The van der Waals surface area contributed by atoms with E-state index in [1.165, 1.54) is 123 Å². The highest BCUT2D eigenvalue weighted by Crippen LogP contribution is 2.42. The summed E-state index contributed by atoms with van der Waals surface area (Å²) in [5.74, 6) is 0. The Morgan fingerprint density at radius 2 is 0.592 bits per heavy atom. The van der Waals surface area contributed by atoms with Gasteiger partial charge in [-0.15, -0.1) is 0 Å². The number of para-hydroxylation sites is 2. The van der Waals surface area contributed by atoms with Gasteiger partial charge in [-0.2, -0.15) is 0 Å². The predicted octanol–water partition coefficient (Wildman–Crippen LogP) is 18.3. The minimum atomic E-state index is 1.11. The summed E-state index contributed by atoms with van der Waals surface area (Å²) >= 11 is 0. The second kappa shape index (κ2) is 20.1. The van der Waals surface area contributed by atoms with Crippen molar-refractivity contribution in [1.29, 1.82) is 0 Å². The zero-order valence-electron chi connectivity index (χ0n) is 40.4. The molecule has 0 fully saturated rings. The maximum absolute atomic E-state index is 2.46. The quantitative estimate of drug-likeness (QED) is 0.107. The van der Waals surface area contributed by atoms with Crippen molar-refractivity contribution in [1.82, 2.24) is 0 Å². The Balaban J connectivity index is 0.776. The third kappa shape index (κ3) is 9.49. The van der Waals surface area contributed by atoms with Crippen molar-refractivity contribution < 1.29 is 0 Å². The zero-order valence-corrected chi connectivity index (χ0v) is 40.4. The first-order valence-electron chi connectivity index (χ1n) is 25.8. The van der Waals surface area contributed by atoms with E-state index in [2.05, 4.69) is 251 Å². The highest BCUT2D eigenvalue weighted by Gasteiger charge is 2.22. The molecule has 0 aromatic heterocycles. The van der Waals surface area contributed by atoms with Gasteiger partial charge in [-0.1, -0.05) is 133 Å². The normalized spacial score (nSPS) is 13.8. The molecule has 0 radical (unpaired) electrons. The van der Waals surface area contributed by atoms with Crippen LogP contribution in [0, 0.1) is 0 Å². The first kappa shape index (κ1) is 44.1. The molecule has 9 aromatic rings. The van der Waals surface area contributed by atoms with Crippen LogP contribution in [0.5, 0.6) is 0 Å². The molecule has 0 heterocycles. The van der Waals surface area contributed by atoms with Gasteiger partial charge in [0.1, 0.15) is 0 Å². The third-order valence-corrected chi connectivity index (χ3v) is 14.9. The van der Waals surface area contributed by atoms with Crippen LogP contribution in [0.3, 0.4) is 0 Å². The van der Waals surface area contributed by atoms with Crippen LogP contribution in [0.25, 0.3) is 24.3 Å². The molecular weight excluding hydrogens is 859 g/mol. The van der Waals surface area contributed by atoms with E-state index in [9.17, 15) is 0 Å². The van der Waals surface area contributed by atoms with Crippen molar-refractivity contribution >= 4 is 75.5 Å². The van der Waals surface area contributed by atoms with Crippen molar-refractivity contribution in [3.8, 4) is 0 Å². The Kier molecular flexibility index (Phi) is 12.5. The molecule has 3 aliphatic carbocycles. The topological polar surface area (TPSA) is 9.72 Å². The SMILES string of the molecule is C(=Cc1ccc(N(c2ccc(C=Cc3ccc(N(c4ccccc4)c4ccc5c(c4)CCC5)cc3)cc2)c2cccc3c2CCCC3)cc1)c1ccc(N(c2ccccc2)c2ccc3c(c2)CCC3)cc1. The fraction of sp³-hybridized carbons (Fsp3) is 0.147. The lowest BCUT2D eigenvalue weighted by Gasteiger charge is -2.30. The fourth-order valence-electron chi connectivity index (χ4n) is 11.2.